The van der Waals surface area contributed by atoms with Crippen molar-refractivity contribution in [3.05, 3.63) is 114 Å². The number of hydrogen-bond donors (Lipinski definition) is 0. The van der Waals surface area contributed by atoms with Crippen LogP contribution in [0.3, 0.4) is 0 Å². The maximum atomic E-state index is 4.93. The molecule has 0 fully saturated rings. The minimum absolute atomic E-state index is 0.539. The van der Waals surface area contributed by atoms with Crippen molar-refractivity contribution in [2.24, 2.45) is 0 Å². The van der Waals surface area contributed by atoms with Gasteiger partial charge in [-0.25, -0.2) is 0 Å². The Morgan fingerprint density at radius 1 is 0.842 bits per heavy atom. The molecule has 1 aliphatic heterocycles. The summed E-state index contributed by atoms with van der Waals surface area (Å²) in [7, 11) is 10.7. The fourth-order valence-electron chi connectivity index (χ4n) is 5.16. The molecule has 2 radical (unpaired) electrons. The molecule has 5 aromatic carbocycles. The summed E-state index contributed by atoms with van der Waals surface area (Å²) in [6.45, 7) is 9.06. The zero-order valence-corrected chi connectivity index (χ0v) is 27.4. The Morgan fingerprint density at radius 2 is 1.53 bits per heavy atom. The summed E-state index contributed by atoms with van der Waals surface area (Å²) >= 11 is -0.826. The van der Waals surface area contributed by atoms with Crippen molar-refractivity contribution in [1.82, 2.24) is 0 Å². The van der Waals surface area contributed by atoms with Crippen LogP contribution in [-0.2, 0) is 33.7 Å². The molecular formula is C34H32Cl2SiZr. The Morgan fingerprint density at radius 3 is 2.24 bits per heavy atom. The molecule has 1 aliphatic rings. The Kier molecular flexibility index (Phi) is 10.7. The number of aryl methyl sites for hydroxylation is 2. The molecule has 0 spiro atoms. The van der Waals surface area contributed by atoms with Gasteiger partial charge in [0.15, 0.2) is 0 Å². The van der Waals surface area contributed by atoms with Crippen LogP contribution in [0.1, 0.15) is 50.3 Å². The van der Waals surface area contributed by atoms with Crippen LogP contribution in [-0.4, -0.2) is 9.52 Å². The molecule has 0 saturated carbocycles. The maximum absolute atomic E-state index is 4.93. The maximum Gasteiger partial charge on any atom is 0.0920 e. The van der Waals surface area contributed by atoms with Crippen LogP contribution in [0.15, 0.2) is 91.0 Å². The number of halogens is 2. The van der Waals surface area contributed by atoms with Crippen LogP contribution in [0.5, 0.6) is 0 Å². The van der Waals surface area contributed by atoms with Gasteiger partial charge in [-0.1, -0.05) is 98.1 Å². The van der Waals surface area contributed by atoms with E-state index in [1.807, 2.05) is 6.07 Å². The van der Waals surface area contributed by atoms with Gasteiger partial charge in [-0.3, -0.25) is 0 Å². The van der Waals surface area contributed by atoms with Crippen LogP contribution < -0.4 is 10.4 Å². The molecule has 0 atom stereocenters. The van der Waals surface area contributed by atoms with Crippen molar-refractivity contribution in [2.75, 3.05) is 0 Å². The molecule has 4 heteroatoms. The third-order valence-corrected chi connectivity index (χ3v) is 8.38. The van der Waals surface area contributed by atoms with E-state index in [9.17, 15) is 0 Å². The Labute approximate surface area is 249 Å². The molecule has 0 saturated heterocycles. The standard InChI is InChI=1S/C22H25.C12H7Si.2ClH.Zr/c1-5-16-13-18-12-11-17(6-2)22(21(18)14-16)20-10-8-7-9-19(20)15(3)4;1-3-7-11-9(5-1)10-6-2-4-8-12(10)13-11;;;/h7-15H,5-6H2,1-4H3;1-7H;2*1H;/q2*-1;;;+4/p-2. The summed E-state index contributed by atoms with van der Waals surface area (Å²) in [5, 5.41) is 5.62. The molecule has 1 heterocycles. The minimum atomic E-state index is -0.826. The van der Waals surface area contributed by atoms with Gasteiger partial charge in [-0.2, -0.15) is 35.5 Å². The fraction of sp³-hybridized carbons (Fsp3) is 0.206. The molecule has 0 N–H and O–H groups in total. The van der Waals surface area contributed by atoms with Gasteiger partial charge in [-0.15, -0.1) is 40.1 Å². The molecule has 38 heavy (non-hydrogen) atoms. The summed E-state index contributed by atoms with van der Waals surface area (Å²) in [6, 6.07) is 36.4. The molecule has 6 rings (SSSR count). The van der Waals surface area contributed by atoms with Crippen LogP contribution >= 0.6 is 17.0 Å². The van der Waals surface area contributed by atoms with Gasteiger partial charge in [-0.05, 0) is 29.9 Å². The third-order valence-electron chi connectivity index (χ3n) is 7.01. The first-order chi connectivity index (χ1) is 18.5. The SMILES string of the molecule is CCc1cc2c(-c3ccccc3C(C)C)c(CC)ccc2[cH-]1.[Cl][Zr+2][Cl].[c-]1cccc2c1[Si]c1ccccc1-2. The van der Waals surface area contributed by atoms with Crippen LogP contribution in [0.2, 0.25) is 0 Å². The summed E-state index contributed by atoms with van der Waals surface area (Å²) in [6.07, 6.45) is 2.17. The predicted octanol–water partition coefficient (Wildman–Crippen LogP) is 8.97. The van der Waals surface area contributed by atoms with E-state index >= 15 is 0 Å². The Bertz CT molecular complexity index is 1460. The third kappa shape index (κ3) is 6.48. The predicted molar refractivity (Wildman–Crippen MR) is 165 cm³/mol. The molecule has 0 aromatic heterocycles. The molecule has 0 aliphatic carbocycles. The van der Waals surface area contributed by atoms with Gasteiger partial charge in [0, 0.05) is 0 Å². The topological polar surface area (TPSA) is 0 Å². The van der Waals surface area contributed by atoms with E-state index < -0.39 is 20.8 Å². The van der Waals surface area contributed by atoms with E-state index in [1.54, 1.807) is 0 Å². The van der Waals surface area contributed by atoms with Crippen molar-refractivity contribution in [1.29, 1.82) is 0 Å². The van der Waals surface area contributed by atoms with Crippen LogP contribution in [0.4, 0.5) is 0 Å². The molecule has 0 unspecified atom stereocenters. The molecule has 5 aromatic rings. The van der Waals surface area contributed by atoms with Crippen molar-refractivity contribution in [3.63, 3.8) is 0 Å². The quantitative estimate of drug-likeness (QED) is 0.135. The first-order valence-corrected chi connectivity index (χ1v) is 20.5. The number of benzene rings is 4. The van der Waals surface area contributed by atoms with Crippen molar-refractivity contribution >= 4 is 47.7 Å². The van der Waals surface area contributed by atoms with Crippen LogP contribution in [0, 0.1) is 6.07 Å². The second-order valence-corrected chi connectivity index (χ2v) is 14.6. The zero-order valence-electron chi connectivity index (χ0n) is 22.4. The van der Waals surface area contributed by atoms with E-state index in [4.69, 9.17) is 17.0 Å². The second kappa shape index (κ2) is 14.0. The van der Waals surface area contributed by atoms with E-state index in [-0.39, 0.29) is 0 Å². The molecule has 0 bridgehead atoms. The smallest absolute Gasteiger partial charge is 0.0920 e. The number of fused-ring (bicyclic) bond motifs is 4. The van der Waals surface area contributed by atoms with Crippen molar-refractivity contribution in [2.45, 2.75) is 46.5 Å². The first kappa shape index (κ1) is 29.2. The number of hydrogen-bond acceptors (Lipinski definition) is 0. The van der Waals surface area contributed by atoms with Gasteiger partial charge in [0.05, 0.1) is 9.52 Å². The summed E-state index contributed by atoms with van der Waals surface area (Å²) in [4.78, 5) is 0. The van der Waals surface area contributed by atoms with E-state index in [2.05, 4.69) is 119 Å². The average molecular weight is 631 g/mol. The summed E-state index contributed by atoms with van der Waals surface area (Å²) < 4.78 is 0. The molecule has 0 amide bonds. The minimum Gasteiger partial charge on any atom is -0.184 e. The summed E-state index contributed by atoms with van der Waals surface area (Å²) in [5.41, 5.74) is 9.96. The van der Waals surface area contributed by atoms with Crippen molar-refractivity contribution < 1.29 is 20.8 Å². The fourth-order valence-corrected chi connectivity index (χ4v) is 6.47. The van der Waals surface area contributed by atoms with Gasteiger partial charge >= 0.3 is 37.9 Å². The van der Waals surface area contributed by atoms with E-state index in [0.717, 1.165) is 22.4 Å². The first-order valence-electron chi connectivity index (χ1n) is 13.2. The molecule has 0 nitrogen and oxygen atoms in total. The summed E-state index contributed by atoms with van der Waals surface area (Å²) in [5.74, 6) is 0.539. The normalized spacial score (nSPS) is 11.1. The van der Waals surface area contributed by atoms with Gasteiger partial charge < -0.3 is 0 Å². The number of rotatable bonds is 4. The zero-order chi connectivity index (χ0) is 27.1. The second-order valence-electron chi connectivity index (χ2n) is 9.62. The largest absolute Gasteiger partial charge is 0.184 e. The molecular weight excluding hydrogens is 599 g/mol. The van der Waals surface area contributed by atoms with Crippen LogP contribution in [0.25, 0.3) is 33.0 Å². The monoisotopic (exact) mass is 628 g/mol. The van der Waals surface area contributed by atoms with E-state index in [0.29, 0.717) is 5.92 Å². The van der Waals surface area contributed by atoms with E-state index in [1.165, 1.54) is 60.1 Å². The average Bonchev–Trinajstić information content (AvgIpc) is 3.54. The van der Waals surface area contributed by atoms with Gasteiger partial charge in [0.1, 0.15) is 0 Å². The van der Waals surface area contributed by atoms with Crippen molar-refractivity contribution in [3.8, 4) is 22.3 Å². The Balaban J connectivity index is 0.000000177. The van der Waals surface area contributed by atoms with Gasteiger partial charge in [0.2, 0.25) is 0 Å². The van der Waals surface area contributed by atoms with Gasteiger partial charge in [0.25, 0.3) is 0 Å². The Hall–Kier alpha value is -1.83. The molecule has 190 valence electrons.